The van der Waals surface area contributed by atoms with Gasteiger partial charge >= 0.3 is 5.97 Å². The first-order valence-electron chi connectivity index (χ1n) is 6.55. The van der Waals surface area contributed by atoms with Crippen LogP contribution in [-0.2, 0) is 9.53 Å². The number of benzene rings is 2. The van der Waals surface area contributed by atoms with Crippen LogP contribution in [0.15, 0.2) is 42.5 Å². The van der Waals surface area contributed by atoms with Gasteiger partial charge in [0.2, 0.25) is 0 Å². The smallest absolute Gasteiger partial charge is 0.343 e. The van der Waals surface area contributed by atoms with E-state index in [9.17, 15) is 9.59 Å². The predicted molar refractivity (Wildman–Crippen MR) is 88.4 cm³/mol. The summed E-state index contributed by atoms with van der Waals surface area (Å²) in [7, 11) is 1.28. The summed E-state index contributed by atoms with van der Waals surface area (Å²) >= 11 is 11.8. The van der Waals surface area contributed by atoms with Gasteiger partial charge in [-0.2, -0.15) is 0 Å². The Bertz CT molecular complexity index is 717. The fourth-order valence-electron chi connectivity index (χ4n) is 1.71. The van der Waals surface area contributed by atoms with Crippen LogP contribution in [0.1, 0.15) is 10.4 Å². The van der Waals surface area contributed by atoms with Gasteiger partial charge in [-0.25, -0.2) is 4.79 Å². The summed E-state index contributed by atoms with van der Waals surface area (Å²) in [6, 6.07) is 11.2. The minimum absolute atomic E-state index is 0.178. The normalized spacial score (nSPS) is 10.0. The van der Waals surface area contributed by atoms with E-state index in [4.69, 9.17) is 27.9 Å². The van der Waals surface area contributed by atoms with E-state index in [1.807, 2.05) is 0 Å². The van der Waals surface area contributed by atoms with Crippen molar-refractivity contribution < 1.29 is 19.1 Å². The van der Waals surface area contributed by atoms with Crippen molar-refractivity contribution in [2.75, 3.05) is 19.0 Å². The zero-order valence-corrected chi connectivity index (χ0v) is 13.6. The van der Waals surface area contributed by atoms with Crippen LogP contribution in [0.25, 0.3) is 0 Å². The molecule has 2 aromatic carbocycles. The van der Waals surface area contributed by atoms with Gasteiger partial charge in [0.15, 0.2) is 6.61 Å². The topological polar surface area (TPSA) is 64.6 Å². The third-order valence-corrected chi connectivity index (χ3v) is 3.42. The Morgan fingerprint density at radius 3 is 2.39 bits per heavy atom. The van der Waals surface area contributed by atoms with Gasteiger partial charge < -0.3 is 14.8 Å². The van der Waals surface area contributed by atoms with Crippen LogP contribution in [0, 0.1) is 0 Å². The molecule has 2 aromatic rings. The Morgan fingerprint density at radius 1 is 1.09 bits per heavy atom. The second kappa shape index (κ2) is 7.85. The number of nitrogens with one attached hydrogen (secondary N) is 1. The number of methoxy groups -OCH3 is 1. The van der Waals surface area contributed by atoms with Crippen LogP contribution < -0.4 is 10.1 Å². The summed E-state index contributed by atoms with van der Waals surface area (Å²) in [6.07, 6.45) is 0. The first-order chi connectivity index (χ1) is 11.0. The zero-order chi connectivity index (χ0) is 16.8. The number of rotatable bonds is 5. The molecule has 120 valence electrons. The summed E-state index contributed by atoms with van der Waals surface area (Å²) in [6.45, 7) is -0.178. The Labute approximate surface area is 143 Å². The van der Waals surface area contributed by atoms with Crippen LogP contribution in [0.5, 0.6) is 5.75 Å². The van der Waals surface area contributed by atoms with E-state index in [0.29, 0.717) is 22.0 Å². The van der Waals surface area contributed by atoms with E-state index in [1.165, 1.54) is 13.2 Å². The van der Waals surface area contributed by atoms with Gasteiger partial charge in [0, 0.05) is 10.7 Å². The summed E-state index contributed by atoms with van der Waals surface area (Å²) in [5.41, 5.74) is 0.883. The average molecular weight is 354 g/mol. The van der Waals surface area contributed by atoms with Crippen molar-refractivity contribution in [3.8, 4) is 5.75 Å². The number of carbonyl (C=O) groups is 2. The molecule has 1 N–H and O–H groups in total. The van der Waals surface area contributed by atoms with Crippen LogP contribution in [0.4, 0.5) is 5.69 Å². The highest BCUT2D eigenvalue weighted by atomic mass is 35.5. The molecule has 0 aliphatic rings. The maximum Gasteiger partial charge on any atom is 0.343 e. The van der Waals surface area contributed by atoms with Gasteiger partial charge in [0.1, 0.15) is 5.75 Å². The average Bonchev–Trinajstić information content (AvgIpc) is 2.53. The summed E-state index contributed by atoms with van der Waals surface area (Å²) in [4.78, 5) is 23.1. The van der Waals surface area contributed by atoms with Crippen molar-refractivity contribution in [2.24, 2.45) is 0 Å². The van der Waals surface area contributed by atoms with E-state index in [2.05, 4.69) is 10.1 Å². The molecular weight excluding hydrogens is 341 g/mol. The molecular formula is C16H13Cl2NO4. The number of anilines is 1. The summed E-state index contributed by atoms with van der Waals surface area (Å²) < 4.78 is 9.69. The van der Waals surface area contributed by atoms with Gasteiger partial charge in [-0.3, -0.25) is 4.79 Å². The number of hydrogen-bond acceptors (Lipinski definition) is 4. The van der Waals surface area contributed by atoms with Gasteiger partial charge in [-0.05, 0) is 42.5 Å². The molecule has 23 heavy (non-hydrogen) atoms. The molecule has 0 spiro atoms. The number of halogens is 2. The lowest BCUT2D eigenvalue weighted by Gasteiger charge is -2.09. The molecule has 0 saturated heterocycles. The highest BCUT2D eigenvalue weighted by Gasteiger charge is 2.11. The second-order valence-corrected chi connectivity index (χ2v) is 5.31. The lowest BCUT2D eigenvalue weighted by Crippen LogP contribution is -2.13. The molecule has 1 amide bonds. The van der Waals surface area contributed by atoms with E-state index >= 15 is 0 Å². The first-order valence-corrected chi connectivity index (χ1v) is 7.31. The lowest BCUT2D eigenvalue weighted by atomic mass is 10.2. The van der Waals surface area contributed by atoms with Crippen molar-refractivity contribution >= 4 is 40.8 Å². The van der Waals surface area contributed by atoms with Crippen molar-refractivity contribution in [1.82, 2.24) is 0 Å². The minimum Gasteiger partial charge on any atom is -0.482 e. The van der Waals surface area contributed by atoms with E-state index in [-0.39, 0.29) is 17.5 Å². The van der Waals surface area contributed by atoms with Crippen molar-refractivity contribution in [3.05, 3.63) is 58.1 Å². The fourth-order valence-corrected chi connectivity index (χ4v) is 2.20. The van der Waals surface area contributed by atoms with Gasteiger partial charge in [-0.15, -0.1) is 0 Å². The number of carbonyl (C=O) groups excluding carboxylic acids is 2. The Hall–Kier alpha value is -2.24. The number of esters is 1. The van der Waals surface area contributed by atoms with Crippen LogP contribution in [0.2, 0.25) is 10.0 Å². The maximum absolute atomic E-state index is 12.2. The van der Waals surface area contributed by atoms with Crippen LogP contribution in [-0.4, -0.2) is 25.6 Å². The standard InChI is InChI=1S/C16H13Cl2NO4/c1-22-15(20)9-23-12-5-3-11(4-6-12)19-16(21)13-7-2-10(17)8-14(13)18/h2-8H,9H2,1H3,(H,19,21). The minimum atomic E-state index is -0.472. The highest BCUT2D eigenvalue weighted by molar-refractivity contribution is 6.37. The lowest BCUT2D eigenvalue weighted by molar-refractivity contribution is -0.142. The van der Waals surface area contributed by atoms with Crippen molar-refractivity contribution in [3.63, 3.8) is 0 Å². The van der Waals surface area contributed by atoms with Gasteiger partial charge in [-0.1, -0.05) is 23.2 Å². The van der Waals surface area contributed by atoms with Crippen LogP contribution in [0.3, 0.4) is 0 Å². The molecule has 7 heteroatoms. The molecule has 0 unspecified atom stereocenters. The molecule has 0 bridgehead atoms. The number of hydrogen-bond donors (Lipinski definition) is 1. The SMILES string of the molecule is COC(=O)COc1ccc(NC(=O)c2ccc(Cl)cc2Cl)cc1. The molecule has 0 heterocycles. The zero-order valence-electron chi connectivity index (χ0n) is 12.1. The second-order valence-electron chi connectivity index (χ2n) is 4.47. The van der Waals surface area contributed by atoms with Crippen molar-refractivity contribution in [1.29, 1.82) is 0 Å². The Kier molecular flexibility index (Phi) is 5.84. The molecule has 0 aromatic heterocycles. The predicted octanol–water partition coefficient (Wildman–Crippen LogP) is 3.80. The monoisotopic (exact) mass is 353 g/mol. The summed E-state index contributed by atoms with van der Waals surface area (Å²) in [5.74, 6) is -0.340. The van der Waals surface area contributed by atoms with Crippen LogP contribution >= 0.6 is 23.2 Å². The third kappa shape index (κ3) is 4.87. The number of ether oxygens (including phenoxy) is 2. The molecule has 2 rings (SSSR count). The third-order valence-electron chi connectivity index (χ3n) is 2.87. The molecule has 0 radical (unpaired) electrons. The molecule has 0 aliphatic carbocycles. The van der Waals surface area contributed by atoms with E-state index in [0.717, 1.165) is 0 Å². The fraction of sp³-hybridized carbons (Fsp3) is 0.125. The Morgan fingerprint density at radius 2 is 1.78 bits per heavy atom. The molecule has 0 saturated carbocycles. The number of amides is 1. The maximum atomic E-state index is 12.2. The first kappa shape index (κ1) is 17.1. The Balaban J connectivity index is 2.00. The highest BCUT2D eigenvalue weighted by Crippen LogP contribution is 2.22. The molecule has 0 fully saturated rings. The molecule has 5 nitrogen and oxygen atoms in total. The largest absolute Gasteiger partial charge is 0.482 e. The van der Waals surface area contributed by atoms with E-state index < -0.39 is 5.97 Å². The molecule has 0 aliphatic heterocycles. The van der Waals surface area contributed by atoms with Gasteiger partial charge in [0.25, 0.3) is 5.91 Å². The quantitative estimate of drug-likeness (QED) is 0.830. The van der Waals surface area contributed by atoms with E-state index in [1.54, 1.807) is 36.4 Å². The summed E-state index contributed by atoms with van der Waals surface area (Å²) in [5, 5.41) is 3.44. The van der Waals surface area contributed by atoms with Crippen molar-refractivity contribution in [2.45, 2.75) is 0 Å². The molecule has 0 atom stereocenters. The van der Waals surface area contributed by atoms with Gasteiger partial charge in [0.05, 0.1) is 17.7 Å².